The third-order valence-electron chi connectivity index (χ3n) is 2.81. The topological polar surface area (TPSA) is 97.1 Å². The van der Waals surface area contributed by atoms with Crippen LogP contribution in [0.3, 0.4) is 0 Å². The summed E-state index contributed by atoms with van der Waals surface area (Å²) < 4.78 is 1.57. The van der Waals surface area contributed by atoms with Crippen LogP contribution in [-0.4, -0.2) is 38.3 Å². The molecule has 1 amide bonds. The number of rotatable bonds is 7. The van der Waals surface area contributed by atoms with E-state index in [2.05, 4.69) is 15.4 Å². The number of aliphatic carboxylic acids is 1. The molecule has 2 N–H and O–H groups in total. The summed E-state index contributed by atoms with van der Waals surface area (Å²) >= 11 is 0. The molecular weight excluding hydrogens is 272 g/mol. The molecule has 2 heterocycles. The lowest BCUT2D eigenvalue weighted by Crippen LogP contribution is -2.25. The molecular formula is C14H16N4O3. The number of hydrogen-bond donors (Lipinski definition) is 2. The molecule has 0 unspecified atom stereocenters. The smallest absolute Gasteiger partial charge is 0.303 e. The molecule has 0 fully saturated rings. The molecule has 0 spiro atoms. The molecule has 0 bridgehead atoms. The van der Waals surface area contributed by atoms with Crippen LogP contribution in [0.25, 0.3) is 5.82 Å². The van der Waals surface area contributed by atoms with E-state index >= 15 is 0 Å². The maximum absolute atomic E-state index is 11.9. The van der Waals surface area contributed by atoms with Crippen LogP contribution in [0.5, 0.6) is 0 Å². The second-order valence-electron chi connectivity index (χ2n) is 4.44. The minimum Gasteiger partial charge on any atom is -0.481 e. The van der Waals surface area contributed by atoms with E-state index < -0.39 is 5.97 Å². The van der Waals surface area contributed by atoms with E-state index in [-0.39, 0.29) is 12.3 Å². The van der Waals surface area contributed by atoms with Gasteiger partial charge in [-0.3, -0.25) is 9.59 Å². The molecule has 110 valence electrons. The van der Waals surface area contributed by atoms with Crippen molar-refractivity contribution >= 4 is 11.9 Å². The molecule has 2 rings (SSSR count). The number of unbranched alkanes of at least 4 members (excludes halogenated alkanes) is 1. The number of carboxylic acid groups (broad SMARTS) is 1. The first kappa shape index (κ1) is 14.7. The zero-order chi connectivity index (χ0) is 15.1. The van der Waals surface area contributed by atoms with Crippen LogP contribution in [0.4, 0.5) is 0 Å². The summed E-state index contributed by atoms with van der Waals surface area (Å²) in [6.45, 7) is 0.430. The van der Waals surface area contributed by atoms with Gasteiger partial charge in [0.2, 0.25) is 0 Å². The van der Waals surface area contributed by atoms with Gasteiger partial charge in [-0.15, -0.1) is 0 Å². The maximum atomic E-state index is 11.9. The Morgan fingerprint density at radius 1 is 1.24 bits per heavy atom. The quantitative estimate of drug-likeness (QED) is 0.747. The molecule has 0 saturated heterocycles. The van der Waals surface area contributed by atoms with Crippen molar-refractivity contribution < 1.29 is 14.7 Å². The Balaban J connectivity index is 1.88. The van der Waals surface area contributed by atoms with Crippen LogP contribution in [-0.2, 0) is 4.79 Å². The number of amides is 1. The molecule has 7 heteroatoms. The highest BCUT2D eigenvalue weighted by Crippen LogP contribution is 2.04. The van der Waals surface area contributed by atoms with Crippen molar-refractivity contribution in [2.45, 2.75) is 19.3 Å². The summed E-state index contributed by atoms with van der Waals surface area (Å²) in [5.41, 5.74) is 0.307. The highest BCUT2D eigenvalue weighted by Gasteiger charge is 2.08. The molecule has 0 aliphatic carbocycles. The fourth-order valence-electron chi connectivity index (χ4n) is 1.78. The van der Waals surface area contributed by atoms with Gasteiger partial charge >= 0.3 is 5.97 Å². The number of carbonyl (C=O) groups excluding carboxylic acids is 1. The van der Waals surface area contributed by atoms with Crippen molar-refractivity contribution in [2.24, 2.45) is 0 Å². The molecule has 7 nitrogen and oxygen atoms in total. The molecule has 0 saturated carbocycles. The standard InChI is InChI=1S/C14H16N4O3/c19-13(20)7-1-2-8-15-14(21)11-5-3-6-12(17-11)18-10-4-9-16-18/h3-6,9-10H,1-2,7-8H2,(H,15,21)(H,19,20). The lowest BCUT2D eigenvalue weighted by atomic mass is 10.2. The first-order chi connectivity index (χ1) is 10.2. The second-order valence-corrected chi connectivity index (χ2v) is 4.44. The minimum absolute atomic E-state index is 0.114. The van der Waals surface area contributed by atoms with E-state index in [0.717, 1.165) is 0 Å². The summed E-state index contributed by atoms with van der Waals surface area (Å²) in [7, 11) is 0. The van der Waals surface area contributed by atoms with Gasteiger partial charge in [-0.1, -0.05) is 6.07 Å². The monoisotopic (exact) mass is 288 g/mol. The third-order valence-corrected chi connectivity index (χ3v) is 2.81. The molecule has 2 aromatic rings. The van der Waals surface area contributed by atoms with Gasteiger partial charge in [0.15, 0.2) is 5.82 Å². The first-order valence-corrected chi connectivity index (χ1v) is 6.64. The fraction of sp³-hybridized carbons (Fsp3) is 0.286. The zero-order valence-corrected chi connectivity index (χ0v) is 11.4. The highest BCUT2D eigenvalue weighted by atomic mass is 16.4. The largest absolute Gasteiger partial charge is 0.481 e. The van der Waals surface area contributed by atoms with Gasteiger partial charge in [-0.25, -0.2) is 9.67 Å². The Bertz CT molecular complexity index is 610. The first-order valence-electron chi connectivity index (χ1n) is 6.64. The molecule has 0 aromatic carbocycles. The maximum Gasteiger partial charge on any atom is 0.303 e. The van der Waals surface area contributed by atoms with Crippen molar-refractivity contribution in [1.29, 1.82) is 0 Å². The van der Waals surface area contributed by atoms with Crippen molar-refractivity contribution in [1.82, 2.24) is 20.1 Å². The molecule has 21 heavy (non-hydrogen) atoms. The van der Waals surface area contributed by atoms with E-state index in [9.17, 15) is 9.59 Å². The Hall–Kier alpha value is -2.70. The van der Waals surface area contributed by atoms with Gasteiger partial charge < -0.3 is 10.4 Å². The van der Waals surface area contributed by atoms with Crippen LogP contribution in [0, 0.1) is 0 Å². The van der Waals surface area contributed by atoms with Gasteiger partial charge in [0, 0.05) is 25.4 Å². The fourth-order valence-corrected chi connectivity index (χ4v) is 1.78. The van der Waals surface area contributed by atoms with Gasteiger partial charge in [0.1, 0.15) is 5.69 Å². The number of pyridine rings is 1. The summed E-state index contributed by atoms with van der Waals surface area (Å²) in [4.78, 5) is 26.5. The van der Waals surface area contributed by atoms with Crippen molar-refractivity contribution in [2.75, 3.05) is 6.54 Å². The molecule has 0 aliphatic rings. The van der Waals surface area contributed by atoms with Gasteiger partial charge in [-0.05, 0) is 31.0 Å². The number of carboxylic acids is 1. The Kier molecular flexibility index (Phi) is 5.03. The van der Waals surface area contributed by atoms with E-state index in [4.69, 9.17) is 5.11 Å². The van der Waals surface area contributed by atoms with Crippen LogP contribution in [0.15, 0.2) is 36.7 Å². The number of nitrogens with one attached hydrogen (secondary N) is 1. The summed E-state index contributed by atoms with van der Waals surface area (Å²) in [5.74, 6) is -0.534. The molecule has 0 atom stereocenters. The average molecular weight is 288 g/mol. The van der Waals surface area contributed by atoms with E-state index in [0.29, 0.717) is 30.9 Å². The Morgan fingerprint density at radius 2 is 2.10 bits per heavy atom. The predicted molar refractivity (Wildman–Crippen MR) is 75.2 cm³/mol. The second kappa shape index (κ2) is 7.18. The van der Waals surface area contributed by atoms with Crippen LogP contribution >= 0.6 is 0 Å². The number of aromatic nitrogens is 3. The van der Waals surface area contributed by atoms with Crippen LogP contribution < -0.4 is 5.32 Å². The van der Waals surface area contributed by atoms with E-state index in [1.54, 1.807) is 41.3 Å². The Labute approximate surface area is 121 Å². The number of hydrogen-bond acceptors (Lipinski definition) is 4. The number of carbonyl (C=O) groups is 2. The van der Waals surface area contributed by atoms with Gasteiger partial charge in [0.05, 0.1) is 0 Å². The van der Waals surface area contributed by atoms with Crippen molar-refractivity contribution in [3.63, 3.8) is 0 Å². The SMILES string of the molecule is O=C(O)CCCCNC(=O)c1cccc(-n2cccn2)n1. The normalized spacial score (nSPS) is 10.3. The molecule has 0 aliphatic heterocycles. The molecule has 2 aromatic heterocycles. The Morgan fingerprint density at radius 3 is 2.81 bits per heavy atom. The van der Waals surface area contributed by atoms with Crippen LogP contribution in [0.1, 0.15) is 29.8 Å². The number of nitrogens with zero attached hydrogens (tertiary/aromatic N) is 3. The lowest BCUT2D eigenvalue weighted by Gasteiger charge is -2.06. The summed E-state index contributed by atoms with van der Waals surface area (Å²) in [6.07, 6.45) is 4.66. The summed E-state index contributed by atoms with van der Waals surface area (Å²) in [5, 5.41) is 15.3. The average Bonchev–Trinajstić information content (AvgIpc) is 3.01. The van der Waals surface area contributed by atoms with E-state index in [1.807, 2.05) is 0 Å². The summed E-state index contributed by atoms with van der Waals surface area (Å²) in [6, 6.07) is 6.90. The van der Waals surface area contributed by atoms with E-state index in [1.165, 1.54) is 0 Å². The molecule has 0 radical (unpaired) electrons. The van der Waals surface area contributed by atoms with Crippen LogP contribution in [0.2, 0.25) is 0 Å². The lowest BCUT2D eigenvalue weighted by molar-refractivity contribution is -0.137. The van der Waals surface area contributed by atoms with Crippen molar-refractivity contribution in [3.8, 4) is 5.82 Å². The predicted octanol–water partition coefficient (Wildman–Crippen LogP) is 1.25. The minimum atomic E-state index is -0.824. The van der Waals surface area contributed by atoms with Gasteiger partial charge in [-0.2, -0.15) is 5.10 Å². The van der Waals surface area contributed by atoms with Gasteiger partial charge in [0.25, 0.3) is 5.91 Å². The highest BCUT2D eigenvalue weighted by molar-refractivity contribution is 5.92. The van der Waals surface area contributed by atoms with Crippen molar-refractivity contribution in [3.05, 3.63) is 42.4 Å². The zero-order valence-electron chi connectivity index (χ0n) is 11.4. The third kappa shape index (κ3) is 4.41.